The van der Waals surface area contributed by atoms with Crippen molar-refractivity contribution in [2.45, 2.75) is 4.83 Å². The number of hydrogen-bond acceptors (Lipinski definition) is 3. The van der Waals surface area contributed by atoms with Crippen LogP contribution >= 0.6 is 31.9 Å². The highest BCUT2D eigenvalue weighted by atomic mass is 79.9. The van der Waals surface area contributed by atoms with Gasteiger partial charge in [-0.15, -0.1) is 0 Å². The molecule has 0 bridgehead atoms. The number of nitrogens with zero attached hydrogens (tertiary/aromatic N) is 2. The van der Waals surface area contributed by atoms with E-state index in [0.717, 1.165) is 0 Å². The fourth-order valence-electron chi connectivity index (χ4n) is 1.34. The average Bonchev–Trinajstić information content (AvgIpc) is 2.29. The Morgan fingerprint density at radius 3 is 2.94 bits per heavy atom. The first-order chi connectivity index (χ1) is 8.06. The maximum Gasteiger partial charge on any atom is 0.273 e. The number of halogens is 2. The van der Waals surface area contributed by atoms with Crippen LogP contribution in [-0.2, 0) is 4.74 Å². The van der Waals surface area contributed by atoms with Gasteiger partial charge in [-0.3, -0.25) is 4.79 Å². The normalized spacial score (nSPS) is 12.2. The van der Waals surface area contributed by atoms with Gasteiger partial charge in [0.2, 0.25) is 0 Å². The summed E-state index contributed by atoms with van der Waals surface area (Å²) in [4.78, 5) is 17.9. The van der Waals surface area contributed by atoms with E-state index in [1.165, 1.54) is 0 Å². The third-order valence-electron chi connectivity index (χ3n) is 2.13. The van der Waals surface area contributed by atoms with Gasteiger partial charge in [-0.25, -0.2) is 4.98 Å². The minimum atomic E-state index is -0.113. The number of methoxy groups -OCH3 is 1. The molecule has 1 heterocycles. The summed E-state index contributed by atoms with van der Waals surface area (Å²) in [6.07, 6.45) is 1.60. The number of aromatic nitrogens is 1. The Labute approximate surface area is 118 Å². The Morgan fingerprint density at radius 2 is 2.35 bits per heavy atom. The Morgan fingerprint density at radius 1 is 1.65 bits per heavy atom. The Balaban J connectivity index is 2.67. The van der Waals surface area contributed by atoms with Crippen molar-refractivity contribution < 1.29 is 9.53 Å². The van der Waals surface area contributed by atoms with E-state index < -0.39 is 0 Å². The summed E-state index contributed by atoms with van der Waals surface area (Å²) in [7, 11) is 3.37. The number of carbonyl (C=O) groups excluding carboxylic acids is 1. The highest BCUT2D eigenvalue weighted by molar-refractivity contribution is 9.10. The fourth-order valence-corrected chi connectivity index (χ4v) is 2.46. The molecule has 0 N–H and O–H groups in total. The molecule has 1 amide bonds. The molecule has 1 aromatic heterocycles. The minimum absolute atomic E-state index is 0.113. The van der Waals surface area contributed by atoms with Gasteiger partial charge in [-0.2, -0.15) is 0 Å². The molecular weight excluding hydrogens is 352 g/mol. The van der Waals surface area contributed by atoms with E-state index in [-0.39, 0.29) is 10.7 Å². The number of amides is 1. The van der Waals surface area contributed by atoms with Crippen LogP contribution in [0.4, 0.5) is 0 Å². The number of carbonyl (C=O) groups is 1. The number of ether oxygens (including phenoxy) is 1. The summed E-state index contributed by atoms with van der Waals surface area (Å²) < 4.78 is 5.71. The van der Waals surface area contributed by atoms with Crippen molar-refractivity contribution in [2.75, 3.05) is 27.3 Å². The Bertz CT molecular complexity index is 387. The quantitative estimate of drug-likeness (QED) is 0.752. The molecule has 1 rings (SSSR count). The van der Waals surface area contributed by atoms with Crippen molar-refractivity contribution in [3.8, 4) is 0 Å². The molecule has 1 unspecified atom stereocenters. The van der Waals surface area contributed by atoms with E-state index >= 15 is 0 Å². The molecule has 0 aliphatic carbocycles. The van der Waals surface area contributed by atoms with Crippen LogP contribution in [0.15, 0.2) is 22.8 Å². The van der Waals surface area contributed by atoms with E-state index in [2.05, 4.69) is 36.8 Å². The molecule has 0 fully saturated rings. The standard InChI is InChI=1S/C11H14Br2N2O2/c1-15(6-8(12)7-17-2)11(16)10-9(13)4-3-5-14-10/h3-5,8H,6-7H2,1-2H3. The summed E-state index contributed by atoms with van der Waals surface area (Å²) >= 11 is 6.76. The van der Waals surface area contributed by atoms with Gasteiger partial charge < -0.3 is 9.64 Å². The van der Waals surface area contributed by atoms with Crippen LogP contribution in [0.5, 0.6) is 0 Å². The lowest BCUT2D eigenvalue weighted by atomic mass is 10.3. The first kappa shape index (κ1) is 14.6. The molecule has 1 aromatic rings. The van der Waals surface area contributed by atoms with Crippen LogP contribution < -0.4 is 0 Å². The van der Waals surface area contributed by atoms with Gasteiger partial charge in [-0.05, 0) is 28.1 Å². The van der Waals surface area contributed by atoms with Crippen molar-refractivity contribution in [3.05, 3.63) is 28.5 Å². The zero-order valence-electron chi connectivity index (χ0n) is 9.69. The van der Waals surface area contributed by atoms with Crippen molar-refractivity contribution >= 4 is 37.8 Å². The highest BCUT2D eigenvalue weighted by Crippen LogP contribution is 2.15. The smallest absolute Gasteiger partial charge is 0.273 e. The SMILES string of the molecule is COCC(Br)CN(C)C(=O)c1ncccc1Br. The van der Waals surface area contributed by atoms with Crippen LogP contribution in [0.2, 0.25) is 0 Å². The van der Waals surface area contributed by atoms with Crippen molar-refractivity contribution in [2.24, 2.45) is 0 Å². The van der Waals surface area contributed by atoms with Crippen LogP contribution in [-0.4, -0.2) is 47.9 Å². The molecule has 0 radical (unpaired) electrons. The molecule has 17 heavy (non-hydrogen) atoms. The number of rotatable bonds is 5. The summed E-state index contributed by atoms with van der Waals surface area (Å²) in [6, 6.07) is 3.58. The summed E-state index contributed by atoms with van der Waals surface area (Å²) in [5, 5.41) is 0. The molecule has 0 aliphatic heterocycles. The van der Waals surface area contributed by atoms with E-state index in [9.17, 15) is 4.79 Å². The highest BCUT2D eigenvalue weighted by Gasteiger charge is 2.18. The summed E-state index contributed by atoms with van der Waals surface area (Å²) in [5.41, 5.74) is 0.423. The van der Waals surface area contributed by atoms with Gasteiger partial charge in [0, 0.05) is 31.4 Å². The number of hydrogen-bond donors (Lipinski definition) is 0. The third kappa shape index (κ3) is 4.37. The monoisotopic (exact) mass is 364 g/mol. The third-order valence-corrected chi connectivity index (χ3v) is 3.32. The molecule has 94 valence electrons. The maximum atomic E-state index is 12.1. The maximum absolute atomic E-state index is 12.1. The fraction of sp³-hybridized carbons (Fsp3) is 0.455. The van der Waals surface area contributed by atoms with Gasteiger partial charge in [-0.1, -0.05) is 15.9 Å². The summed E-state index contributed by atoms with van der Waals surface area (Å²) in [6.45, 7) is 1.12. The second-order valence-electron chi connectivity index (χ2n) is 3.57. The van der Waals surface area contributed by atoms with Gasteiger partial charge >= 0.3 is 0 Å². The van der Waals surface area contributed by atoms with Gasteiger partial charge in [0.1, 0.15) is 5.69 Å². The topological polar surface area (TPSA) is 42.4 Å². The van der Waals surface area contributed by atoms with E-state index in [4.69, 9.17) is 4.74 Å². The first-order valence-corrected chi connectivity index (χ1v) is 6.76. The molecule has 0 spiro atoms. The lowest BCUT2D eigenvalue weighted by molar-refractivity contribution is 0.0777. The van der Waals surface area contributed by atoms with Crippen LogP contribution in [0, 0.1) is 0 Å². The van der Waals surface area contributed by atoms with E-state index in [0.29, 0.717) is 23.3 Å². The second-order valence-corrected chi connectivity index (χ2v) is 5.72. The van der Waals surface area contributed by atoms with E-state index in [1.54, 1.807) is 37.4 Å². The molecule has 1 atom stereocenters. The molecule has 0 saturated carbocycles. The van der Waals surface area contributed by atoms with Crippen LogP contribution in [0.25, 0.3) is 0 Å². The number of pyridine rings is 1. The first-order valence-electron chi connectivity index (χ1n) is 5.05. The molecule has 0 aliphatic rings. The minimum Gasteiger partial charge on any atom is -0.383 e. The predicted molar refractivity (Wildman–Crippen MR) is 73.5 cm³/mol. The predicted octanol–water partition coefficient (Wildman–Crippen LogP) is 2.33. The van der Waals surface area contributed by atoms with E-state index in [1.807, 2.05) is 0 Å². The zero-order chi connectivity index (χ0) is 12.8. The van der Waals surface area contributed by atoms with Crippen molar-refractivity contribution in [3.63, 3.8) is 0 Å². The summed E-state index contributed by atoms with van der Waals surface area (Å²) in [5.74, 6) is -0.113. The van der Waals surface area contributed by atoms with Crippen molar-refractivity contribution in [1.82, 2.24) is 9.88 Å². The molecular formula is C11H14Br2N2O2. The van der Waals surface area contributed by atoms with Crippen molar-refractivity contribution in [1.29, 1.82) is 0 Å². The van der Waals surface area contributed by atoms with Gasteiger partial charge in [0.05, 0.1) is 11.4 Å². The molecule has 0 saturated heterocycles. The Hall–Kier alpha value is -0.460. The largest absolute Gasteiger partial charge is 0.383 e. The number of alkyl halides is 1. The molecule has 6 heteroatoms. The van der Waals surface area contributed by atoms with Crippen LogP contribution in [0.1, 0.15) is 10.5 Å². The van der Waals surface area contributed by atoms with Gasteiger partial charge in [0.15, 0.2) is 0 Å². The Kier molecular flexibility index (Phi) is 6.08. The zero-order valence-corrected chi connectivity index (χ0v) is 12.9. The average molecular weight is 366 g/mol. The molecule has 0 aromatic carbocycles. The van der Waals surface area contributed by atoms with Crippen LogP contribution in [0.3, 0.4) is 0 Å². The lowest BCUT2D eigenvalue weighted by Gasteiger charge is -2.20. The molecule has 4 nitrogen and oxygen atoms in total. The van der Waals surface area contributed by atoms with Gasteiger partial charge in [0.25, 0.3) is 5.91 Å². The lowest BCUT2D eigenvalue weighted by Crippen LogP contribution is -2.34. The second kappa shape index (κ2) is 7.08.